The minimum atomic E-state index is -0.635. The first-order valence-corrected chi connectivity index (χ1v) is 12.1. The van der Waals surface area contributed by atoms with Gasteiger partial charge in [-0.15, -0.1) is 6.58 Å². The number of aliphatic hydroxyl groups excluding tert-OH is 1. The van der Waals surface area contributed by atoms with E-state index in [-0.39, 0.29) is 6.04 Å². The molecule has 3 aromatic rings. The van der Waals surface area contributed by atoms with E-state index in [1.54, 1.807) is 13.3 Å². The quantitative estimate of drug-likeness (QED) is 0.281. The number of hydrogen-bond acceptors (Lipinski definition) is 4. The molecule has 4 unspecified atom stereocenters. The van der Waals surface area contributed by atoms with Crippen molar-refractivity contribution in [3.8, 4) is 5.75 Å². The van der Waals surface area contributed by atoms with E-state index in [0.717, 1.165) is 64.7 Å². The van der Waals surface area contributed by atoms with Crippen molar-refractivity contribution in [1.29, 1.82) is 0 Å². The first kappa shape index (κ1) is 22.6. The van der Waals surface area contributed by atoms with Gasteiger partial charge in [0.05, 0.1) is 25.7 Å². The van der Waals surface area contributed by atoms with Gasteiger partial charge in [0.25, 0.3) is 0 Å². The van der Waals surface area contributed by atoms with Crippen LogP contribution in [0.1, 0.15) is 30.1 Å². The fraction of sp³-hybridized carbons (Fsp3) is 0.385. The van der Waals surface area contributed by atoms with Gasteiger partial charge in [-0.05, 0) is 47.9 Å². The number of nitrogens with zero attached hydrogens (tertiary/aromatic N) is 3. The normalized spacial score (nSPS) is 27.5. The van der Waals surface area contributed by atoms with Crippen LogP contribution in [0.4, 0.5) is 0 Å². The molecule has 3 saturated heterocycles. The van der Waals surface area contributed by atoms with Crippen LogP contribution in [0.25, 0.3) is 10.9 Å². The van der Waals surface area contributed by atoms with Gasteiger partial charge in [-0.25, -0.2) is 4.98 Å². The Morgan fingerprint density at radius 1 is 1.24 bits per heavy atom. The number of fused-ring (bicyclic) bond motifs is 4. The van der Waals surface area contributed by atoms with Gasteiger partial charge in [-0.3, -0.25) is 4.98 Å². The second-order valence-corrected chi connectivity index (χ2v) is 10.2. The zero-order valence-corrected chi connectivity index (χ0v) is 20.1. The molecule has 5 nitrogen and oxygen atoms in total. The van der Waals surface area contributed by atoms with E-state index < -0.39 is 6.10 Å². The second kappa shape index (κ2) is 8.88. The molecule has 0 spiro atoms. The van der Waals surface area contributed by atoms with Crippen molar-refractivity contribution in [2.45, 2.75) is 31.5 Å². The predicted molar refractivity (Wildman–Crippen MR) is 131 cm³/mol. The Morgan fingerprint density at radius 3 is 2.76 bits per heavy atom. The summed E-state index contributed by atoms with van der Waals surface area (Å²) in [6.07, 6.45) is 5.31. The second-order valence-electron chi connectivity index (χ2n) is 9.38. The highest BCUT2D eigenvalue weighted by Gasteiger charge is 2.54. The molecule has 0 aliphatic carbocycles. The maximum atomic E-state index is 11.9. The van der Waals surface area contributed by atoms with Gasteiger partial charge in [-0.1, -0.05) is 29.3 Å². The number of pyridine rings is 2. The van der Waals surface area contributed by atoms with E-state index in [9.17, 15) is 5.11 Å². The molecular weight excluding hydrogens is 457 g/mol. The lowest BCUT2D eigenvalue weighted by Gasteiger charge is -2.58. The molecule has 0 amide bonds. The van der Waals surface area contributed by atoms with Gasteiger partial charge in [-0.2, -0.15) is 0 Å². The van der Waals surface area contributed by atoms with Crippen LogP contribution in [0.5, 0.6) is 5.75 Å². The highest BCUT2D eigenvalue weighted by Crippen LogP contribution is 2.48. The van der Waals surface area contributed by atoms with Crippen molar-refractivity contribution in [3.63, 3.8) is 0 Å². The molecule has 5 heterocycles. The number of aliphatic hydroxyl groups is 1. The average molecular weight is 485 g/mol. The zero-order valence-electron chi connectivity index (χ0n) is 18.6. The lowest BCUT2D eigenvalue weighted by Crippen LogP contribution is -2.67. The smallest absolute Gasteiger partial charge is 0.131 e. The van der Waals surface area contributed by atoms with Crippen LogP contribution >= 0.6 is 23.2 Å². The SMILES string of the molecule is C=CC1C[N+]2(Cc3cc(Cl)nc(Cl)c3)CCC1CC2[C@H](O)c1ccnc2ccc(OC)cc12. The number of methoxy groups -OCH3 is 1. The van der Waals surface area contributed by atoms with Crippen molar-refractivity contribution in [2.24, 2.45) is 11.8 Å². The minimum absolute atomic E-state index is 0.0440. The van der Waals surface area contributed by atoms with Crippen molar-refractivity contribution >= 4 is 34.1 Å². The molecule has 3 aliphatic heterocycles. The summed E-state index contributed by atoms with van der Waals surface area (Å²) < 4.78 is 6.22. The molecule has 172 valence electrons. The average Bonchev–Trinajstić information content (AvgIpc) is 2.82. The number of aromatic nitrogens is 2. The van der Waals surface area contributed by atoms with Crippen molar-refractivity contribution in [3.05, 3.63) is 76.7 Å². The fourth-order valence-electron chi connectivity index (χ4n) is 6.09. The molecular formula is C26H28Cl2N3O2+. The third-order valence-electron chi connectivity index (χ3n) is 7.66. The molecule has 1 N–H and O–H groups in total. The number of ether oxygens (including phenoxy) is 1. The van der Waals surface area contributed by atoms with Crippen LogP contribution < -0.4 is 4.74 Å². The predicted octanol–water partition coefficient (Wildman–Crippen LogP) is 5.59. The van der Waals surface area contributed by atoms with Gasteiger partial charge in [0, 0.05) is 35.9 Å². The summed E-state index contributed by atoms with van der Waals surface area (Å²) in [5.74, 6) is 1.73. The summed E-state index contributed by atoms with van der Waals surface area (Å²) in [6.45, 7) is 6.80. The Bertz CT molecular complexity index is 1180. The van der Waals surface area contributed by atoms with Gasteiger partial charge in [0.15, 0.2) is 0 Å². The molecule has 0 radical (unpaired) electrons. The van der Waals surface area contributed by atoms with Crippen LogP contribution in [0.3, 0.4) is 0 Å². The van der Waals surface area contributed by atoms with Crippen LogP contribution in [-0.2, 0) is 6.54 Å². The van der Waals surface area contributed by atoms with Gasteiger partial charge < -0.3 is 14.3 Å². The maximum absolute atomic E-state index is 11.9. The third-order valence-corrected chi connectivity index (χ3v) is 8.05. The monoisotopic (exact) mass is 484 g/mol. The summed E-state index contributed by atoms with van der Waals surface area (Å²) in [7, 11) is 1.65. The van der Waals surface area contributed by atoms with Crippen LogP contribution in [0, 0.1) is 11.8 Å². The van der Waals surface area contributed by atoms with Crippen LogP contribution in [-0.4, -0.2) is 45.8 Å². The zero-order chi connectivity index (χ0) is 23.2. The molecule has 3 fully saturated rings. The number of piperidine rings is 3. The maximum Gasteiger partial charge on any atom is 0.131 e. The van der Waals surface area contributed by atoms with E-state index in [2.05, 4.69) is 22.6 Å². The third kappa shape index (κ3) is 4.12. The van der Waals surface area contributed by atoms with Crippen molar-refractivity contribution in [2.75, 3.05) is 20.2 Å². The van der Waals surface area contributed by atoms with Crippen LogP contribution in [0.2, 0.25) is 10.3 Å². The highest BCUT2D eigenvalue weighted by atomic mass is 35.5. The van der Waals surface area contributed by atoms with Crippen molar-refractivity contribution < 1.29 is 14.3 Å². The Kier molecular flexibility index (Phi) is 6.08. The summed E-state index contributed by atoms with van der Waals surface area (Å²) in [6, 6.07) is 11.6. The first-order valence-electron chi connectivity index (χ1n) is 11.3. The Morgan fingerprint density at radius 2 is 2.03 bits per heavy atom. The molecule has 6 rings (SSSR count). The topological polar surface area (TPSA) is 55.2 Å². The van der Waals surface area contributed by atoms with E-state index in [0.29, 0.717) is 22.1 Å². The van der Waals surface area contributed by atoms with Gasteiger partial charge >= 0.3 is 0 Å². The minimum Gasteiger partial charge on any atom is -0.497 e. The lowest BCUT2D eigenvalue weighted by molar-refractivity contribution is -0.984. The first-order chi connectivity index (χ1) is 15.9. The van der Waals surface area contributed by atoms with E-state index >= 15 is 0 Å². The van der Waals surface area contributed by atoms with Gasteiger partial charge in [0.2, 0.25) is 0 Å². The summed E-state index contributed by atoms with van der Waals surface area (Å²) in [5, 5.41) is 13.6. The molecule has 7 heteroatoms. The fourth-order valence-corrected chi connectivity index (χ4v) is 6.59. The number of rotatable bonds is 6. The number of benzene rings is 1. The van der Waals surface area contributed by atoms with Crippen LogP contribution in [0.15, 0.2) is 55.3 Å². The lowest BCUT2D eigenvalue weighted by atomic mass is 9.71. The van der Waals surface area contributed by atoms with E-state index in [1.165, 1.54) is 0 Å². The molecule has 33 heavy (non-hydrogen) atoms. The number of quaternary nitrogens is 1. The number of halogens is 2. The van der Waals surface area contributed by atoms with E-state index in [4.69, 9.17) is 27.9 Å². The van der Waals surface area contributed by atoms with Gasteiger partial charge in [0.1, 0.15) is 34.7 Å². The molecule has 2 aromatic heterocycles. The van der Waals surface area contributed by atoms with E-state index in [1.807, 2.05) is 36.4 Å². The highest BCUT2D eigenvalue weighted by molar-refractivity contribution is 6.32. The number of hydrogen-bond donors (Lipinski definition) is 1. The Balaban J connectivity index is 1.57. The van der Waals surface area contributed by atoms with Crippen molar-refractivity contribution in [1.82, 2.24) is 9.97 Å². The molecule has 5 atom stereocenters. The molecule has 3 aliphatic rings. The summed E-state index contributed by atoms with van der Waals surface area (Å²) in [5.41, 5.74) is 2.79. The molecule has 1 aromatic carbocycles. The Hall–Kier alpha value is -2.18. The molecule has 0 saturated carbocycles. The largest absolute Gasteiger partial charge is 0.497 e. The standard InChI is InChI=1S/C26H28Cl2N3O2/c1-3-17-15-31(14-16-10-24(27)30-25(28)11-16)9-7-18(17)12-23(31)26(32)20-6-8-29-22-5-4-19(33-2)13-21(20)22/h3-6,8,10-11,13,17-18,23,26,32H,1,7,9,12,14-15H2,2H3/q+1/t17?,18?,23?,26-,31?/m1/s1. The summed E-state index contributed by atoms with van der Waals surface area (Å²) in [4.78, 5) is 8.61. The summed E-state index contributed by atoms with van der Waals surface area (Å²) >= 11 is 12.4. The molecule has 2 bridgehead atoms. The Labute approximate surface area is 204 Å².